The van der Waals surface area contributed by atoms with E-state index in [1.165, 1.54) is 69.7 Å². The predicted octanol–water partition coefficient (Wildman–Crippen LogP) is 4.64. The zero-order valence-corrected chi connectivity index (χ0v) is 19.5. The average Bonchev–Trinajstić information content (AvgIpc) is 3.34. The van der Waals surface area contributed by atoms with E-state index in [0.29, 0.717) is 29.7 Å². The summed E-state index contributed by atoms with van der Waals surface area (Å²) in [5, 5.41) is 23.3. The summed E-state index contributed by atoms with van der Waals surface area (Å²) in [6.45, 7) is 7.76. The van der Waals surface area contributed by atoms with Gasteiger partial charge < -0.3 is 5.11 Å². The lowest BCUT2D eigenvalue weighted by Gasteiger charge is -2.57. The fraction of sp³-hybridized carbons (Fsp3) is 0.815. The molecule has 0 unspecified atom stereocenters. The third-order valence-corrected chi connectivity index (χ3v) is 10.3. The highest BCUT2D eigenvalue weighted by atomic mass is 16.3. The molecule has 32 heavy (non-hydrogen) atoms. The second-order valence-electron chi connectivity index (χ2n) is 12.1. The van der Waals surface area contributed by atoms with Crippen molar-refractivity contribution in [3.05, 3.63) is 18.5 Å². The van der Waals surface area contributed by atoms with Gasteiger partial charge in [0.05, 0.1) is 6.54 Å². The summed E-state index contributed by atoms with van der Waals surface area (Å²) >= 11 is 0. The average molecular weight is 435 g/mol. The van der Waals surface area contributed by atoms with Crippen LogP contribution in [0.5, 0.6) is 0 Å². The summed E-state index contributed by atoms with van der Waals surface area (Å²) < 4.78 is 0. The molecular formula is C27H38N4O. The van der Waals surface area contributed by atoms with Crippen molar-refractivity contribution in [1.82, 2.24) is 20.2 Å². The first-order valence-corrected chi connectivity index (χ1v) is 13.1. The Bertz CT molecular complexity index is 927. The van der Waals surface area contributed by atoms with E-state index >= 15 is 0 Å². The van der Waals surface area contributed by atoms with Crippen LogP contribution in [0.25, 0.3) is 0 Å². The van der Waals surface area contributed by atoms with Gasteiger partial charge in [0.15, 0.2) is 6.33 Å². The van der Waals surface area contributed by atoms with Crippen LogP contribution in [-0.4, -0.2) is 30.9 Å². The van der Waals surface area contributed by atoms with Crippen molar-refractivity contribution in [2.45, 2.75) is 89.7 Å². The second-order valence-corrected chi connectivity index (χ2v) is 12.1. The zero-order valence-electron chi connectivity index (χ0n) is 19.5. The van der Waals surface area contributed by atoms with Crippen LogP contribution in [-0.2, 0) is 6.54 Å². The minimum absolute atomic E-state index is 0.372. The number of hydrogen-bond donors (Lipinski definition) is 1. The molecule has 5 aliphatic rings. The molecule has 0 aromatic carbocycles. The molecule has 172 valence electrons. The predicted molar refractivity (Wildman–Crippen MR) is 123 cm³/mol. The molecule has 5 heteroatoms. The molecular weight excluding hydrogens is 396 g/mol. The Morgan fingerprint density at radius 1 is 1.06 bits per heavy atom. The molecule has 5 aliphatic carbocycles. The molecule has 8 atom stereocenters. The van der Waals surface area contributed by atoms with Crippen molar-refractivity contribution >= 4 is 0 Å². The maximum Gasteiger partial charge on any atom is 0.162 e. The molecule has 0 aliphatic heterocycles. The molecule has 5 nitrogen and oxygen atoms in total. The third-order valence-electron chi connectivity index (χ3n) is 10.3. The van der Waals surface area contributed by atoms with Crippen LogP contribution >= 0.6 is 0 Å². The van der Waals surface area contributed by atoms with Crippen LogP contribution in [0.3, 0.4) is 0 Å². The molecule has 0 amide bonds. The van der Waals surface area contributed by atoms with Crippen LogP contribution in [0, 0.1) is 58.7 Å². The Hall–Kier alpha value is -1.67. The van der Waals surface area contributed by atoms with E-state index in [4.69, 9.17) is 0 Å². The monoisotopic (exact) mass is 434 g/mol. The number of rotatable bonds is 3. The summed E-state index contributed by atoms with van der Waals surface area (Å²) in [4.78, 5) is 1.69. The van der Waals surface area contributed by atoms with E-state index in [-0.39, 0.29) is 0 Å². The maximum absolute atomic E-state index is 11.2. The van der Waals surface area contributed by atoms with Crippen LogP contribution in [0.15, 0.2) is 18.5 Å². The topological polar surface area (TPSA) is 63.8 Å². The highest BCUT2D eigenvalue weighted by molar-refractivity contribution is 5.21. The minimum atomic E-state index is -0.703. The van der Waals surface area contributed by atoms with Gasteiger partial charge in [-0.3, -0.25) is 0 Å². The second kappa shape index (κ2) is 7.69. The van der Waals surface area contributed by atoms with E-state index in [0.717, 1.165) is 36.5 Å². The van der Waals surface area contributed by atoms with E-state index in [9.17, 15) is 5.11 Å². The fourth-order valence-electron chi connectivity index (χ4n) is 8.68. The number of hydrogen-bond acceptors (Lipinski definition) is 4. The smallest absolute Gasteiger partial charge is 0.162 e. The van der Waals surface area contributed by atoms with Crippen LogP contribution in [0.1, 0.15) is 77.6 Å². The number of allylic oxidation sites excluding steroid dienone is 1. The summed E-state index contributed by atoms with van der Waals surface area (Å²) in [5.41, 5.74) is 0.958. The van der Waals surface area contributed by atoms with Gasteiger partial charge in [-0.15, -0.1) is 10.2 Å². The van der Waals surface area contributed by atoms with E-state index in [1.807, 2.05) is 0 Å². The van der Waals surface area contributed by atoms with Crippen LogP contribution in [0.4, 0.5) is 0 Å². The number of aliphatic hydroxyl groups is 1. The highest BCUT2D eigenvalue weighted by Gasteiger charge is 2.58. The van der Waals surface area contributed by atoms with Gasteiger partial charge in [0.25, 0.3) is 0 Å². The molecule has 1 heterocycles. The first-order valence-electron chi connectivity index (χ1n) is 13.1. The summed E-state index contributed by atoms with van der Waals surface area (Å²) in [5.74, 6) is 11.9. The van der Waals surface area contributed by atoms with Crippen LogP contribution in [0.2, 0.25) is 0 Å². The molecule has 6 rings (SSSR count). The van der Waals surface area contributed by atoms with Crippen molar-refractivity contribution in [1.29, 1.82) is 0 Å². The normalized spacial score (nSPS) is 45.2. The molecule has 0 spiro atoms. The minimum Gasteiger partial charge on any atom is -0.378 e. The highest BCUT2D eigenvalue weighted by Crippen LogP contribution is 2.65. The quantitative estimate of drug-likeness (QED) is 0.556. The molecule has 0 saturated heterocycles. The molecule has 1 aromatic heterocycles. The van der Waals surface area contributed by atoms with Crippen molar-refractivity contribution in [3.8, 4) is 11.8 Å². The lowest BCUT2D eigenvalue weighted by molar-refractivity contribution is -0.0875. The number of fused-ring (bicyclic) bond motifs is 5. The van der Waals surface area contributed by atoms with Gasteiger partial charge >= 0.3 is 0 Å². The lowest BCUT2D eigenvalue weighted by atomic mass is 9.48. The van der Waals surface area contributed by atoms with Gasteiger partial charge in [-0.25, -0.2) is 0 Å². The molecule has 5 fully saturated rings. The van der Waals surface area contributed by atoms with Gasteiger partial charge in [-0.1, -0.05) is 30.9 Å². The van der Waals surface area contributed by atoms with Crippen molar-refractivity contribution < 1.29 is 5.11 Å². The molecule has 1 aromatic rings. The number of tetrazole rings is 1. The third kappa shape index (κ3) is 3.54. The Labute approximate surface area is 192 Å². The molecule has 1 N–H and O–H groups in total. The maximum atomic E-state index is 11.2. The SMILES string of the molecule is C=C(Cn1ncnn1)[C@H]1CC[C@H]2[C@@H]3CC[C@@H]4C[C@@](O)(C#CC5CC5)CC[C@@H]4[C@H]3CC[C@]12C. The fourth-order valence-corrected chi connectivity index (χ4v) is 8.68. The van der Waals surface area contributed by atoms with Gasteiger partial charge in [0.1, 0.15) is 5.60 Å². The number of nitrogens with zero attached hydrogens (tertiary/aromatic N) is 4. The first-order chi connectivity index (χ1) is 15.5. The zero-order chi connectivity index (χ0) is 21.9. The van der Waals surface area contributed by atoms with Crippen molar-refractivity contribution in [2.24, 2.45) is 46.8 Å². The van der Waals surface area contributed by atoms with Gasteiger partial charge in [0, 0.05) is 5.92 Å². The summed E-state index contributed by atoms with van der Waals surface area (Å²) in [6, 6.07) is 0. The van der Waals surface area contributed by atoms with Crippen molar-refractivity contribution in [3.63, 3.8) is 0 Å². The standard InChI is InChI=1S/C27H38N4O/c1-18(16-31-29-17-28-30-31)24-7-8-25-23-6-5-20-15-27(32,13-9-19-3-4-19)14-11-21(20)22(23)10-12-26(24,25)2/h17,19-25,32H,1,3-8,10-12,14-16H2,2H3/t20-,21+,22-,23-,24-,25+,26-,27-/m1/s1. The lowest BCUT2D eigenvalue weighted by Crippen LogP contribution is -2.50. The number of aromatic nitrogens is 4. The van der Waals surface area contributed by atoms with E-state index in [2.05, 4.69) is 40.8 Å². The molecule has 5 saturated carbocycles. The molecule has 0 bridgehead atoms. The Morgan fingerprint density at radius 2 is 1.91 bits per heavy atom. The molecule has 0 radical (unpaired) electrons. The Morgan fingerprint density at radius 3 is 2.69 bits per heavy atom. The van der Waals surface area contributed by atoms with E-state index in [1.54, 1.807) is 4.80 Å². The van der Waals surface area contributed by atoms with Gasteiger partial charge in [-0.05, 0) is 117 Å². The Balaban J connectivity index is 1.15. The van der Waals surface area contributed by atoms with Gasteiger partial charge in [-0.2, -0.15) is 4.80 Å². The first kappa shape index (κ1) is 20.9. The largest absolute Gasteiger partial charge is 0.378 e. The van der Waals surface area contributed by atoms with E-state index < -0.39 is 5.60 Å². The summed E-state index contributed by atoms with van der Waals surface area (Å²) in [7, 11) is 0. The van der Waals surface area contributed by atoms with Gasteiger partial charge in [0.2, 0.25) is 0 Å². The van der Waals surface area contributed by atoms with Crippen LogP contribution < -0.4 is 0 Å². The Kier molecular flexibility index (Phi) is 5.02. The van der Waals surface area contributed by atoms with Crippen molar-refractivity contribution in [2.75, 3.05) is 0 Å². The summed E-state index contributed by atoms with van der Waals surface area (Å²) in [6.07, 6.45) is 14.9.